The van der Waals surface area contributed by atoms with Crippen molar-refractivity contribution in [2.75, 3.05) is 33.4 Å². The van der Waals surface area contributed by atoms with E-state index in [2.05, 4.69) is 42.3 Å². The molecule has 1 aliphatic heterocycles. The number of piperidine rings is 1. The summed E-state index contributed by atoms with van der Waals surface area (Å²) >= 11 is 0. The van der Waals surface area contributed by atoms with Gasteiger partial charge < -0.3 is 19.7 Å². The van der Waals surface area contributed by atoms with Crippen molar-refractivity contribution in [3.05, 3.63) is 35.4 Å². The van der Waals surface area contributed by atoms with Crippen LogP contribution in [-0.4, -0.2) is 50.3 Å². The number of benzene rings is 1. The molecule has 25 heavy (non-hydrogen) atoms. The van der Waals surface area contributed by atoms with Gasteiger partial charge in [-0.25, -0.2) is 4.99 Å². The average Bonchev–Trinajstić information content (AvgIpc) is 2.61. The van der Waals surface area contributed by atoms with Gasteiger partial charge >= 0.3 is 0 Å². The van der Waals surface area contributed by atoms with E-state index >= 15 is 0 Å². The van der Waals surface area contributed by atoms with Crippen LogP contribution in [0.1, 0.15) is 37.8 Å². The fourth-order valence-electron chi connectivity index (χ4n) is 3.06. The molecule has 1 aromatic rings. The van der Waals surface area contributed by atoms with E-state index in [-0.39, 0.29) is 24.0 Å². The normalized spacial score (nSPS) is 15.8. The van der Waals surface area contributed by atoms with Gasteiger partial charge in [0.05, 0.1) is 19.3 Å². The predicted molar refractivity (Wildman–Crippen MR) is 114 cm³/mol. The van der Waals surface area contributed by atoms with Crippen LogP contribution >= 0.6 is 24.0 Å². The van der Waals surface area contributed by atoms with E-state index in [1.54, 1.807) is 7.11 Å². The van der Waals surface area contributed by atoms with Crippen LogP contribution in [0.15, 0.2) is 29.3 Å². The SMILES string of the molecule is CCNC(=NCc1ccccc1COC)N1CCC(OCC)CC1.I. The lowest BCUT2D eigenvalue weighted by Gasteiger charge is -2.34. The lowest BCUT2D eigenvalue weighted by atomic mass is 10.1. The summed E-state index contributed by atoms with van der Waals surface area (Å²) < 4.78 is 11.0. The fourth-order valence-corrected chi connectivity index (χ4v) is 3.06. The largest absolute Gasteiger partial charge is 0.380 e. The molecule has 0 saturated carbocycles. The first-order chi connectivity index (χ1) is 11.8. The van der Waals surface area contributed by atoms with Gasteiger partial charge in [0.15, 0.2) is 5.96 Å². The highest BCUT2D eigenvalue weighted by Crippen LogP contribution is 2.15. The van der Waals surface area contributed by atoms with Crippen LogP contribution < -0.4 is 5.32 Å². The molecule has 1 heterocycles. The molecule has 6 heteroatoms. The molecule has 1 aliphatic rings. The minimum Gasteiger partial charge on any atom is -0.380 e. The van der Waals surface area contributed by atoms with Crippen molar-refractivity contribution < 1.29 is 9.47 Å². The van der Waals surface area contributed by atoms with Crippen LogP contribution in [0.25, 0.3) is 0 Å². The Morgan fingerprint density at radius 1 is 1.20 bits per heavy atom. The number of hydrogen-bond donors (Lipinski definition) is 1. The Bertz CT molecular complexity index is 517. The van der Waals surface area contributed by atoms with Crippen LogP contribution in [0.4, 0.5) is 0 Å². The molecule has 5 nitrogen and oxygen atoms in total. The van der Waals surface area contributed by atoms with Crippen molar-refractivity contribution in [2.45, 2.75) is 45.9 Å². The van der Waals surface area contributed by atoms with Crippen LogP contribution in [0.3, 0.4) is 0 Å². The quantitative estimate of drug-likeness (QED) is 0.384. The second kappa shape index (κ2) is 12.5. The number of nitrogens with one attached hydrogen (secondary N) is 1. The number of methoxy groups -OCH3 is 1. The van der Waals surface area contributed by atoms with Crippen molar-refractivity contribution in [1.29, 1.82) is 0 Å². The lowest BCUT2D eigenvalue weighted by Crippen LogP contribution is -2.47. The maximum Gasteiger partial charge on any atom is 0.194 e. The summed E-state index contributed by atoms with van der Waals surface area (Å²) in [4.78, 5) is 7.20. The Morgan fingerprint density at radius 2 is 1.88 bits per heavy atom. The van der Waals surface area contributed by atoms with E-state index in [9.17, 15) is 0 Å². The Balaban J connectivity index is 0.00000312. The monoisotopic (exact) mass is 461 g/mol. The molecule has 1 N–H and O–H groups in total. The summed E-state index contributed by atoms with van der Waals surface area (Å²) in [7, 11) is 1.73. The number of guanidine groups is 1. The van der Waals surface area contributed by atoms with Gasteiger partial charge in [-0.15, -0.1) is 24.0 Å². The first-order valence-corrected chi connectivity index (χ1v) is 8.99. The van der Waals surface area contributed by atoms with Gasteiger partial charge in [0.1, 0.15) is 0 Å². The molecule has 0 atom stereocenters. The molecule has 0 radical (unpaired) electrons. The molecule has 1 saturated heterocycles. The van der Waals surface area contributed by atoms with Crippen LogP contribution in [0.2, 0.25) is 0 Å². The summed E-state index contributed by atoms with van der Waals surface area (Å²) in [6.45, 7) is 9.15. The predicted octanol–water partition coefficient (Wildman–Crippen LogP) is 3.42. The van der Waals surface area contributed by atoms with Gasteiger partial charge in [0.25, 0.3) is 0 Å². The Labute approximate surface area is 169 Å². The van der Waals surface area contributed by atoms with Gasteiger partial charge in [-0.1, -0.05) is 24.3 Å². The third-order valence-corrected chi connectivity index (χ3v) is 4.30. The maximum absolute atomic E-state index is 5.74. The van der Waals surface area contributed by atoms with Gasteiger partial charge in [-0.05, 0) is 37.8 Å². The standard InChI is InChI=1S/C19H31N3O2.HI/c1-4-20-19(22-12-10-18(11-13-22)24-5-2)21-14-16-8-6-7-9-17(16)15-23-3;/h6-9,18H,4-5,10-15H2,1-3H3,(H,20,21);1H. The highest BCUT2D eigenvalue weighted by Gasteiger charge is 2.21. The van der Waals surface area contributed by atoms with E-state index < -0.39 is 0 Å². The van der Waals surface area contributed by atoms with Gasteiger partial charge in [0.2, 0.25) is 0 Å². The van der Waals surface area contributed by atoms with Crippen molar-refractivity contribution >= 4 is 29.9 Å². The molecule has 1 fully saturated rings. The third-order valence-electron chi connectivity index (χ3n) is 4.30. The average molecular weight is 461 g/mol. The molecule has 0 aromatic heterocycles. The molecule has 2 rings (SSSR count). The Hall–Kier alpha value is -0.860. The summed E-state index contributed by atoms with van der Waals surface area (Å²) in [5.74, 6) is 1.000. The summed E-state index contributed by atoms with van der Waals surface area (Å²) in [5, 5.41) is 3.42. The first-order valence-electron chi connectivity index (χ1n) is 8.99. The van der Waals surface area contributed by atoms with E-state index in [0.29, 0.717) is 19.3 Å². The lowest BCUT2D eigenvalue weighted by molar-refractivity contribution is 0.0263. The summed E-state index contributed by atoms with van der Waals surface area (Å²) in [6, 6.07) is 8.34. The second-order valence-corrected chi connectivity index (χ2v) is 6.01. The van der Waals surface area contributed by atoms with Gasteiger partial charge in [-0.3, -0.25) is 0 Å². The second-order valence-electron chi connectivity index (χ2n) is 6.01. The van der Waals surface area contributed by atoms with Crippen LogP contribution in [-0.2, 0) is 22.6 Å². The molecular formula is C19H32IN3O2. The number of likely N-dealkylation sites (tertiary alicyclic amines) is 1. The molecule has 0 bridgehead atoms. The molecule has 142 valence electrons. The zero-order valence-electron chi connectivity index (χ0n) is 15.7. The first kappa shape index (κ1) is 22.2. The van der Waals surface area contributed by atoms with Gasteiger partial charge in [-0.2, -0.15) is 0 Å². The fraction of sp³-hybridized carbons (Fsp3) is 0.632. The van der Waals surface area contributed by atoms with Gasteiger partial charge in [0, 0.05) is 33.4 Å². The molecule has 0 spiro atoms. The van der Waals surface area contributed by atoms with Crippen molar-refractivity contribution in [1.82, 2.24) is 10.2 Å². The Kier molecular flexibility index (Phi) is 11.1. The smallest absolute Gasteiger partial charge is 0.194 e. The van der Waals surface area contributed by atoms with E-state index in [0.717, 1.165) is 45.0 Å². The maximum atomic E-state index is 5.74. The van der Waals surface area contributed by atoms with E-state index in [1.165, 1.54) is 11.1 Å². The van der Waals surface area contributed by atoms with E-state index in [1.807, 2.05) is 6.07 Å². The number of halogens is 1. The molecule has 0 unspecified atom stereocenters. The van der Waals surface area contributed by atoms with Crippen molar-refractivity contribution in [3.8, 4) is 0 Å². The zero-order chi connectivity index (χ0) is 17.2. The molecule has 0 amide bonds. The van der Waals surface area contributed by atoms with Crippen molar-refractivity contribution in [2.24, 2.45) is 4.99 Å². The number of hydrogen-bond acceptors (Lipinski definition) is 3. The third kappa shape index (κ3) is 7.11. The van der Waals surface area contributed by atoms with Crippen LogP contribution in [0, 0.1) is 0 Å². The highest BCUT2D eigenvalue weighted by molar-refractivity contribution is 14.0. The number of ether oxygens (including phenoxy) is 2. The molecular weight excluding hydrogens is 429 g/mol. The van der Waals surface area contributed by atoms with Crippen molar-refractivity contribution in [3.63, 3.8) is 0 Å². The number of nitrogens with zero attached hydrogens (tertiary/aromatic N) is 2. The zero-order valence-corrected chi connectivity index (χ0v) is 18.0. The highest BCUT2D eigenvalue weighted by atomic mass is 127. The molecule has 0 aliphatic carbocycles. The topological polar surface area (TPSA) is 46.1 Å². The molecule has 1 aromatic carbocycles. The number of aliphatic imine (C=N–C) groups is 1. The van der Waals surface area contributed by atoms with E-state index in [4.69, 9.17) is 14.5 Å². The van der Waals surface area contributed by atoms with Crippen LogP contribution in [0.5, 0.6) is 0 Å². The Morgan fingerprint density at radius 3 is 2.48 bits per heavy atom. The number of rotatable bonds is 7. The summed E-state index contributed by atoms with van der Waals surface area (Å²) in [5.41, 5.74) is 2.42. The minimum atomic E-state index is 0. The summed E-state index contributed by atoms with van der Waals surface area (Å²) in [6.07, 6.45) is 2.54. The minimum absolute atomic E-state index is 0.